The van der Waals surface area contributed by atoms with Gasteiger partial charge in [-0.2, -0.15) is 0 Å². The largest absolute Gasteiger partial charge is 0.591 e. The number of methoxy groups -OCH3 is 1. The molecule has 0 saturated heterocycles. The first-order chi connectivity index (χ1) is 8.25. The lowest BCUT2D eigenvalue weighted by molar-refractivity contribution is 0.414. The highest BCUT2D eigenvalue weighted by Gasteiger charge is 2.27. The topological polar surface area (TPSA) is 44.6 Å². The second kappa shape index (κ2) is 6.08. The summed E-state index contributed by atoms with van der Waals surface area (Å²) in [4.78, 5) is 0. The number of hydrogen-bond acceptors (Lipinski definition) is 3. The van der Waals surface area contributed by atoms with Gasteiger partial charge in [0.1, 0.15) is 21.9 Å². The van der Waals surface area contributed by atoms with E-state index >= 15 is 0 Å². The van der Waals surface area contributed by atoms with Crippen LogP contribution in [0.15, 0.2) is 27.1 Å². The lowest BCUT2D eigenvalue weighted by Gasteiger charge is -2.19. The van der Waals surface area contributed by atoms with E-state index in [4.69, 9.17) is 4.74 Å². The van der Waals surface area contributed by atoms with E-state index in [2.05, 4.69) is 20.3 Å². The van der Waals surface area contributed by atoms with Gasteiger partial charge in [-0.25, -0.2) is 0 Å². The van der Waals surface area contributed by atoms with Gasteiger partial charge in [0.25, 0.3) is 0 Å². The zero-order chi connectivity index (χ0) is 13.9. The molecule has 0 aliphatic rings. The van der Waals surface area contributed by atoms with Crippen molar-refractivity contribution in [3.63, 3.8) is 0 Å². The molecule has 18 heavy (non-hydrogen) atoms. The van der Waals surface area contributed by atoms with Gasteiger partial charge in [0.05, 0.1) is 12.8 Å². The van der Waals surface area contributed by atoms with Crippen molar-refractivity contribution in [3.8, 4) is 5.75 Å². The monoisotopic (exact) mass is 331 g/mol. The Labute approximate surface area is 120 Å². The van der Waals surface area contributed by atoms with Crippen LogP contribution in [0.25, 0.3) is 0 Å². The first kappa shape index (κ1) is 15.5. The van der Waals surface area contributed by atoms with Gasteiger partial charge in [-0.1, -0.05) is 20.3 Å². The van der Waals surface area contributed by atoms with E-state index in [1.807, 2.05) is 45.9 Å². The normalized spacial score (nSPS) is 14.5. The molecule has 0 spiro atoms. The summed E-state index contributed by atoms with van der Waals surface area (Å²) in [5.41, 5.74) is 1.56. The van der Waals surface area contributed by atoms with Crippen molar-refractivity contribution in [3.05, 3.63) is 28.2 Å². The van der Waals surface area contributed by atoms with E-state index in [-0.39, 0.29) is 4.75 Å². The number of benzene rings is 1. The SMILES string of the molecule is COc1ccc(Br)cc1C(C)=N[S+]([O-])C(C)(C)C. The van der Waals surface area contributed by atoms with Gasteiger partial charge in [0.15, 0.2) is 0 Å². The van der Waals surface area contributed by atoms with E-state index in [9.17, 15) is 4.55 Å². The molecule has 1 atom stereocenters. The molecule has 0 bridgehead atoms. The fraction of sp³-hybridized carbons (Fsp3) is 0.462. The highest BCUT2D eigenvalue weighted by molar-refractivity contribution is 9.10. The van der Waals surface area contributed by atoms with Crippen molar-refractivity contribution in [2.75, 3.05) is 7.11 Å². The smallest absolute Gasteiger partial charge is 0.144 e. The average molecular weight is 332 g/mol. The Bertz CT molecular complexity index is 455. The third kappa shape index (κ3) is 4.00. The van der Waals surface area contributed by atoms with E-state index in [0.717, 1.165) is 15.8 Å². The van der Waals surface area contributed by atoms with Crippen molar-refractivity contribution < 1.29 is 9.29 Å². The van der Waals surface area contributed by atoms with Crippen molar-refractivity contribution in [1.82, 2.24) is 0 Å². The molecule has 0 fully saturated rings. The minimum Gasteiger partial charge on any atom is -0.591 e. The van der Waals surface area contributed by atoms with Crippen LogP contribution in [0.1, 0.15) is 33.3 Å². The van der Waals surface area contributed by atoms with Crippen LogP contribution in [-0.2, 0) is 11.4 Å². The summed E-state index contributed by atoms with van der Waals surface area (Å²) in [6.45, 7) is 7.54. The zero-order valence-corrected chi connectivity index (χ0v) is 13.7. The number of hydrogen-bond donors (Lipinski definition) is 0. The predicted molar refractivity (Wildman–Crippen MR) is 80.8 cm³/mol. The molecule has 3 nitrogen and oxygen atoms in total. The highest BCUT2D eigenvalue weighted by Crippen LogP contribution is 2.25. The lowest BCUT2D eigenvalue weighted by atomic mass is 10.1. The molecule has 0 aliphatic heterocycles. The van der Waals surface area contributed by atoms with Gasteiger partial charge in [-0.3, -0.25) is 0 Å². The molecule has 1 rings (SSSR count). The molecule has 0 amide bonds. The minimum absolute atomic E-state index is 0.361. The quantitative estimate of drug-likeness (QED) is 0.625. The first-order valence-corrected chi connectivity index (χ1v) is 7.47. The molecule has 0 aromatic heterocycles. The summed E-state index contributed by atoms with van der Waals surface area (Å²) in [6.07, 6.45) is 0. The summed E-state index contributed by atoms with van der Waals surface area (Å²) in [7, 11) is 1.61. The second-order valence-electron chi connectivity index (χ2n) is 4.88. The minimum atomic E-state index is -1.27. The Hall–Kier alpha value is -0.520. The average Bonchev–Trinajstić information content (AvgIpc) is 2.27. The molecule has 0 radical (unpaired) electrons. The third-order valence-electron chi connectivity index (χ3n) is 2.30. The van der Waals surface area contributed by atoms with E-state index in [1.54, 1.807) is 7.11 Å². The van der Waals surface area contributed by atoms with Gasteiger partial charge in [-0.05, 0) is 45.9 Å². The van der Waals surface area contributed by atoms with Crippen molar-refractivity contribution in [2.45, 2.75) is 32.4 Å². The summed E-state index contributed by atoms with van der Waals surface area (Å²) < 4.78 is 22.1. The van der Waals surface area contributed by atoms with E-state index in [0.29, 0.717) is 5.71 Å². The van der Waals surface area contributed by atoms with Gasteiger partial charge in [0, 0.05) is 10.0 Å². The van der Waals surface area contributed by atoms with Crippen LogP contribution in [-0.4, -0.2) is 22.1 Å². The summed E-state index contributed by atoms with van der Waals surface area (Å²) in [5, 5.41) is 0. The molecule has 0 N–H and O–H groups in total. The Morgan fingerprint density at radius 3 is 2.50 bits per heavy atom. The molecule has 5 heteroatoms. The van der Waals surface area contributed by atoms with Gasteiger partial charge in [-0.15, -0.1) is 0 Å². The summed E-state index contributed by atoms with van der Waals surface area (Å²) in [5.74, 6) is 0.727. The number of ether oxygens (including phenoxy) is 1. The van der Waals surface area contributed by atoms with Gasteiger partial charge >= 0.3 is 0 Å². The summed E-state index contributed by atoms with van der Waals surface area (Å²) >= 11 is 2.15. The number of nitrogens with zero attached hydrogens (tertiary/aromatic N) is 1. The Balaban J connectivity index is 3.14. The molecule has 1 aromatic carbocycles. The van der Waals surface area contributed by atoms with Gasteiger partial charge < -0.3 is 9.29 Å². The van der Waals surface area contributed by atoms with Gasteiger partial charge in [0.2, 0.25) is 0 Å². The molecule has 0 saturated carbocycles. The second-order valence-corrected chi connectivity index (χ2v) is 7.70. The predicted octanol–water partition coefficient (Wildman–Crippen LogP) is 3.73. The third-order valence-corrected chi connectivity index (χ3v) is 4.28. The summed E-state index contributed by atoms with van der Waals surface area (Å²) in [6, 6.07) is 5.67. The molecule has 0 aliphatic carbocycles. The van der Waals surface area contributed by atoms with Crippen LogP contribution in [0.5, 0.6) is 5.75 Å². The molecule has 0 heterocycles. The van der Waals surface area contributed by atoms with Crippen LogP contribution < -0.4 is 4.74 Å². The lowest BCUT2D eigenvalue weighted by Crippen LogP contribution is -2.26. The van der Waals surface area contributed by atoms with Crippen molar-refractivity contribution in [2.24, 2.45) is 4.40 Å². The van der Waals surface area contributed by atoms with Crippen molar-refractivity contribution in [1.29, 1.82) is 0 Å². The maximum atomic E-state index is 12.0. The van der Waals surface area contributed by atoms with Crippen LogP contribution in [0.3, 0.4) is 0 Å². The maximum absolute atomic E-state index is 12.0. The number of halogens is 1. The molecular weight excluding hydrogens is 314 g/mol. The van der Waals surface area contributed by atoms with E-state index in [1.165, 1.54) is 0 Å². The molecule has 1 unspecified atom stereocenters. The van der Waals surface area contributed by atoms with Crippen LogP contribution in [0, 0.1) is 0 Å². The van der Waals surface area contributed by atoms with Crippen LogP contribution in [0.2, 0.25) is 0 Å². The highest BCUT2D eigenvalue weighted by atomic mass is 79.9. The van der Waals surface area contributed by atoms with Crippen LogP contribution >= 0.6 is 15.9 Å². The Morgan fingerprint density at radius 1 is 1.39 bits per heavy atom. The maximum Gasteiger partial charge on any atom is 0.144 e. The number of rotatable bonds is 3. The zero-order valence-electron chi connectivity index (χ0n) is 11.3. The first-order valence-electron chi connectivity index (χ1n) is 5.57. The fourth-order valence-electron chi connectivity index (χ4n) is 1.27. The molecule has 100 valence electrons. The standard InChI is InChI=1S/C13H18BrNO2S/c1-9(15-18(16)13(2,3)4)11-8-10(14)6-7-12(11)17-5/h6-8H,1-5H3. The Kier molecular flexibility index (Phi) is 5.25. The molecular formula is C13H18BrNO2S. The van der Waals surface area contributed by atoms with Crippen molar-refractivity contribution >= 4 is 33.0 Å². The van der Waals surface area contributed by atoms with E-state index < -0.39 is 11.4 Å². The molecule has 1 aromatic rings. The fourth-order valence-corrected chi connectivity index (χ4v) is 2.26. The Morgan fingerprint density at radius 2 is 2.00 bits per heavy atom. The van der Waals surface area contributed by atoms with Crippen LogP contribution in [0.4, 0.5) is 0 Å².